The van der Waals surface area contributed by atoms with Crippen molar-refractivity contribution in [3.8, 4) is 0 Å². The fourth-order valence-electron chi connectivity index (χ4n) is 1.35. The molecule has 1 amide bonds. The number of non-ortho nitro benzene ring substituents is 1. The molecule has 0 spiro atoms. The maximum Gasteiger partial charge on any atom is 0.270 e. The molecule has 0 aliphatic carbocycles. The summed E-state index contributed by atoms with van der Waals surface area (Å²) in [6.45, 7) is 2.13. The summed E-state index contributed by atoms with van der Waals surface area (Å²) in [5.74, 6) is -0.219. The van der Waals surface area contributed by atoms with Gasteiger partial charge in [-0.3, -0.25) is 14.9 Å². The average molecular weight is 272 g/mol. The predicted molar refractivity (Wildman–Crippen MR) is 68.5 cm³/mol. The Labute approximate surface area is 109 Å². The maximum atomic E-state index is 11.6. The molecule has 1 atom stereocenters. The standard InChI is InChI=1S/C11H14ClN3O3/c1-7(6-13)14-11(16)4-8-2-3-9(15(17)18)5-10(8)12/h2-3,5,7H,4,6,13H2,1H3,(H,14,16)/t7-/m0/s1. The second kappa shape index (κ2) is 6.32. The van der Waals surface area contributed by atoms with E-state index in [1.807, 2.05) is 0 Å². The van der Waals surface area contributed by atoms with E-state index in [9.17, 15) is 14.9 Å². The topological polar surface area (TPSA) is 98.3 Å². The molecule has 0 fully saturated rings. The van der Waals surface area contributed by atoms with E-state index in [2.05, 4.69) is 5.32 Å². The second-order valence-corrected chi connectivity index (χ2v) is 4.32. The molecule has 0 radical (unpaired) electrons. The third-order valence-corrected chi connectivity index (χ3v) is 2.71. The third kappa shape index (κ3) is 3.97. The van der Waals surface area contributed by atoms with E-state index in [0.29, 0.717) is 12.1 Å². The lowest BCUT2D eigenvalue weighted by Gasteiger charge is -2.11. The van der Waals surface area contributed by atoms with Crippen LogP contribution < -0.4 is 11.1 Å². The van der Waals surface area contributed by atoms with Gasteiger partial charge < -0.3 is 11.1 Å². The van der Waals surface area contributed by atoms with Gasteiger partial charge in [-0.2, -0.15) is 0 Å². The summed E-state index contributed by atoms with van der Waals surface area (Å²) in [6.07, 6.45) is 0.0706. The van der Waals surface area contributed by atoms with Crippen molar-refractivity contribution in [2.75, 3.05) is 6.54 Å². The molecule has 1 aromatic rings. The summed E-state index contributed by atoms with van der Waals surface area (Å²) in [7, 11) is 0. The molecule has 0 heterocycles. The monoisotopic (exact) mass is 271 g/mol. The Morgan fingerprint density at radius 2 is 2.28 bits per heavy atom. The maximum absolute atomic E-state index is 11.6. The highest BCUT2D eigenvalue weighted by molar-refractivity contribution is 6.31. The fourth-order valence-corrected chi connectivity index (χ4v) is 1.59. The summed E-state index contributed by atoms with van der Waals surface area (Å²) in [4.78, 5) is 21.6. The first-order chi connectivity index (χ1) is 8.43. The van der Waals surface area contributed by atoms with Gasteiger partial charge in [0.1, 0.15) is 0 Å². The number of nitrogens with zero attached hydrogens (tertiary/aromatic N) is 1. The van der Waals surface area contributed by atoms with Gasteiger partial charge in [0.15, 0.2) is 0 Å². The first-order valence-electron chi connectivity index (χ1n) is 5.36. The van der Waals surface area contributed by atoms with Crippen LogP contribution in [0, 0.1) is 10.1 Å². The molecule has 0 bridgehead atoms. The number of benzene rings is 1. The van der Waals surface area contributed by atoms with E-state index in [4.69, 9.17) is 17.3 Å². The average Bonchev–Trinajstić information content (AvgIpc) is 2.31. The molecule has 1 aromatic carbocycles. The van der Waals surface area contributed by atoms with Crippen LogP contribution in [0.15, 0.2) is 18.2 Å². The van der Waals surface area contributed by atoms with Crippen LogP contribution in [-0.4, -0.2) is 23.4 Å². The van der Waals surface area contributed by atoms with Gasteiger partial charge >= 0.3 is 0 Å². The number of carbonyl (C=O) groups is 1. The molecule has 0 saturated carbocycles. The highest BCUT2D eigenvalue weighted by Crippen LogP contribution is 2.22. The van der Waals surface area contributed by atoms with Gasteiger partial charge in [0.25, 0.3) is 5.69 Å². The minimum Gasteiger partial charge on any atom is -0.352 e. The van der Waals surface area contributed by atoms with Crippen molar-refractivity contribution in [2.45, 2.75) is 19.4 Å². The van der Waals surface area contributed by atoms with Crippen molar-refractivity contribution in [3.05, 3.63) is 38.9 Å². The number of nitrogens with two attached hydrogens (primary N) is 1. The van der Waals surface area contributed by atoms with E-state index in [0.717, 1.165) is 0 Å². The number of halogens is 1. The lowest BCUT2D eigenvalue weighted by molar-refractivity contribution is -0.384. The first-order valence-corrected chi connectivity index (χ1v) is 5.74. The molecule has 7 heteroatoms. The normalized spacial score (nSPS) is 11.9. The summed E-state index contributed by atoms with van der Waals surface area (Å²) < 4.78 is 0. The SMILES string of the molecule is C[C@@H](CN)NC(=O)Cc1ccc([N+](=O)[O-])cc1Cl. The number of hydrogen-bond acceptors (Lipinski definition) is 4. The minimum atomic E-state index is -0.535. The second-order valence-electron chi connectivity index (χ2n) is 3.91. The van der Waals surface area contributed by atoms with Crippen LogP contribution in [0.1, 0.15) is 12.5 Å². The lowest BCUT2D eigenvalue weighted by Crippen LogP contribution is -2.38. The van der Waals surface area contributed by atoms with Crippen LogP contribution in [0.2, 0.25) is 5.02 Å². The Hall–Kier alpha value is -1.66. The van der Waals surface area contributed by atoms with Gasteiger partial charge in [0.2, 0.25) is 5.91 Å². The zero-order valence-electron chi connectivity index (χ0n) is 9.85. The number of nitro groups is 1. The predicted octanol–water partition coefficient (Wildman–Crippen LogP) is 1.25. The smallest absolute Gasteiger partial charge is 0.270 e. The van der Waals surface area contributed by atoms with Crippen molar-refractivity contribution < 1.29 is 9.72 Å². The number of hydrogen-bond donors (Lipinski definition) is 2. The highest BCUT2D eigenvalue weighted by Gasteiger charge is 2.13. The first kappa shape index (κ1) is 14.4. The molecule has 6 nitrogen and oxygen atoms in total. The fraction of sp³-hybridized carbons (Fsp3) is 0.364. The molecule has 3 N–H and O–H groups in total. The number of nitro benzene ring substituents is 1. The molecular weight excluding hydrogens is 258 g/mol. The Balaban J connectivity index is 2.74. The van der Waals surface area contributed by atoms with Gasteiger partial charge in [0, 0.05) is 24.7 Å². The minimum absolute atomic E-state index is 0.0706. The molecule has 0 aliphatic heterocycles. The molecule has 0 aromatic heterocycles. The number of carbonyl (C=O) groups excluding carboxylic acids is 1. The van der Waals surface area contributed by atoms with E-state index in [-0.39, 0.29) is 29.1 Å². The van der Waals surface area contributed by atoms with Gasteiger partial charge in [-0.25, -0.2) is 0 Å². The van der Waals surface area contributed by atoms with E-state index in [1.165, 1.54) is 18.2 Å². The van der Waals surface area contributed by atoms with Gasteiger partial charge in [-0.1, -0.05) is 17.7 Å². The summed E-state index contributed by atoms with van der Waals surface area (Å²) in [5.41, 5.74) is 5.83. The van der Waals surface area contributed by atoms with Crippen LogP contribution in [-0.2, 0) is 11.2 Å². The molecule has 0 aliphatic rings. The van der Waals surface area contributed by atoms with E-state index in [1.54, 1.807) is 6.92 Å². The Bertz CT molecular complexity index is 465. The van der Waals surface area contributed by atoms with Crippen LogP contribution in [0.3, 0.4) is 0 Å². The number of nitrogens with one attached hydrogen (secondary N) is 1. The van der Waals surface area contributed by atoms with E-state index >= 15 is 0 Å². The van der Waals surface area contributed by atoms with Crippen LogP contribution in [0.4, 0.5) is 5.69 Å². The van der Waals surface area contributed by atoms with Crippen LogP contribution in [0.25, 0.3) is 0 Å². The molecule has 98 valence electrons. The van der Waals surface area contributed by atoms with Crippen LogP contribution in [0.5, 0.6) is 0 Å². The van der Waals surface area contributed by atoms with Crippen molar-refractivity contribution in [1.82, 2.24) is 5.32 Å². The van der Waals surface area contributed by atoms with Gasteiger partial charge in [0.05, 0.1) is 16.4 Å². The molecule has 0 saturated heterocycles. The zero-order chi connectivity index (χ0) is 13.7. The highest BCUT2D eigenvalue weighted by atomic mass is 35.5. The van der Waals surface area contributed by atoms with Gasteiger partial charge in [-0.15, -0.1) is 0 Å². The summed E-state index contributed by atoms with van der Waals surface area (Å²) in [6, 6.07) is 3.92. The van der Waals surface area contributed by atoms with E-state index < -0.39 is 4.92 Å². The lowest BCUT2D eigenvalue weighted by atomic mass is 10.1. The molecule has 0 unspecified atom stereocenters. The number of rotatable bonds is 5. The largest absolute Gasteiger partial charge is 0.352 e. The van der Waals surface area contributed by atoms with Crippen LogP contribution >= 0.6 is 11.6 Å². The Morgan fingerprint density at radius 3 is 2.78 bits per heavy atom. The molecule has 1 rings (SSSR count). The van der Waals surface area contributed by atoms with Crippen molar-refractivity contribution in [1.29, 1.82) is 0 Å². The van der Waals surface area contributed by atoms with Crippen molar-refractivity contribution in [2.24, 2.45) is 5.73 Å². The van der Waals surface area contributed by atoms with Gasteiger partial charge in [-0.05, 0) is 12.5 Å². The van der Waals surface area contributed by atoms with Crippen molar-refractivity contribution >= 4 is 23.2 Å². The summed E-state index contributed by atoms with van der Waals surface area (Å²) in [5, 5.41) is 13.4. The van der Waals surface area contributed by atoms with Crippen molar-refractivity contribution in [3.63, 3.8) is 0 Å². The number of amides is 1. The quantitative estimate of drug-likeness (QED) is 0.622. The third-order valence-electron chi connectivity index (χ3n) is 2.36. The Morgan fingerprint density at radius 1 is 1.61 bits per heavy atom. The Kier molecular flexibility index (Phi) is 5.06. The molecular formula is C11H14ClN3O3. The molecule has 18 heavy (non-hydrogen) atoms. The zero-order valence-corrected chi connectivity index (χ0v) is 10.6. The summed E-state index contributed by atoms with van der Waals surface area (Å²) >= 11 is 5.88.